The van der Waals surface area contributed by atoms with E-state index in [1.54, 1.807) is 0 Å². The van der Waals surface area contributed by atoms with Gasteiger partial charge < -0.3 is 10.1 Å². The van der Waals surface area contributed by atoms with Crippen LogP contribution in [0.1, 0.15) is 19.8 Å². The largest absolute Gasteiger partial charge is 0.379 e. The third-order valence-electron chi connectivity index (χ3n) is 2.46. The molecule has 5 heteroatoms. The molecule has 0 spiro atoms. The molecule has 1 saturated heterocycles. The summed E-state index contributed by atoms with van der Waals surface area (Å²) in [5.41, 5.74) is 0.0531. The summed E-state index contributed by atoms with van der Waals surface area (Å²) >= 11 is 0. The molecule has 0 aromatic rings. The summed E-state index contributed by atoms with van der Waals surface area (Å²) in [5.74, 6) is 0.261. The standard InChI is InChI=1S/C9H19NO3S/c1-9(4-6-13-8-9)10-5-3-7-14(2,11)12/h10H,3-8H2,1-2H3. The molecule has 1 unspecified atom stereocenters. The minimum Gasteiger partial charge on any atom is -0.379 e. The Morgan fingerprint density at radius 3 is 2.71 bits per heavy atom. The molecule has 0 aromatic carbocycles. The zero-order chi connectivity index (χ0) is 10.7. The van der Waals surface area contributed by atoms with Crippen molar-refractivity contribution >= 4 is 9.84 Å². The van der Waals surface area contributed by atoms with Gasteiger partial charge in [0.15, 0.2) is 0 Å². The van der Waals surface area contributed by atoms with Crippen molar-refractivity contribution in [2.45, 2.75) is 25.3 Å². The van der Waals surface area contributed by atoms with Crippen molar-refractivity contribution in [2.24, 2.45) is 0 Å². The van der Waals surface area contributed by atoms with Crippen LogP contribution in [-0.2, 0) is 14.6 Å². The van der Waals surface area contributed by atoms with E-state index in [9.17, 15) is 8.42 Å². The molecule has 0 saturated carbocycles. The summed E-state index contributed by atoms with van der Waals surface area (Å²) in [4.78, 5) is 0. The predicted octanol–water partition coefficient (Wildman–Crippen LogP) is 0.190. The van der Waals surface area contributed by atoms with Crippen molar-refractivity contribution < 1.29 is 13.2 Å². The minimum absolute atomic E-state index is 0.0531. The number of hydrogen-bond acceptors (Lipinski definition) is 4. The van der Waals surface area contributed by atoms with Crippen LogP contribution in [0.25, 0.3) is 0 Å². The van der Waals surface area contributed by atoms with Crippen LogP contribution in [-0.4, -0.2) is 45.7 Å². The van der Waals surface area contributed by atoms with Crippen molar-refractivity contribution in [1.82, 2.24) is 5.32 Å². The van der Waals surface area contributed by atoms with E-state index in [1.165, 1.54) is 6.26 Å². The van der Waals surface area contributed by atoms with Gasteiger partial charge in [0, 0.05) is 18.4 Å². The summed E-state index contributed by atoms with van der Waals surface area (Å²) in [7, 11) is -2.81. The van der Waals surface area contributed by atoms with Crippen LogP contribution in [0.4, 0.5) is 0 Å². The summed E-state index contributed by atoms with van der Waals surface area (Å²) in [6.07, 6.45) is 2.95. The Bertz CT molecular complexity index is 268. The van der Waals surface area contributed by atoms with Gasteiger partial charge in [0.2, 0.25) is 0 Å². The van der Waals surface area contributed by atoms with Gasteiger partial charge in [-0.25, -0.2) is 8.42 Å². The molecule has 1 N–H and O–H groups in total. The Hall–Kier alpha value is -0.130. The minimum atomic E-state index is -2.81. The monoisotopic (exact) mass is 221 g/mol. The molecular weight excluding hydrogens is 202 g/mol. The van der Waals surface area contributed by atoms with E-state index >= 15 is 0 Å². The second-order valence-corrected chi connectivity index (χ2v) is 6.53. The Balaban J connectivity index is 2.15. The van der Waals surface area contributed by atoms with Crippen LogP contribution in [0, 0.1) is 0 Å². The SMILES string of the molecule is CC1(NCCCS(C)(=O)=O)CCOC1. The number of hydrogen-bond donors (Lipinski definition) is 1. The highest BCUT2D eigenvalue weighted by molar-refractivity contribution is 7.90. The molecule has 1 aliphatic rings. The molecule has 1 rings (SSSR count). The second-order valence-electron chi connectivity index (χ2n) is 4.27. The first-order valence-corrected chi connectivity index (χ1v) is 6.98. The maximum atomic E-state index is 10.9. The van der Waals surface area contributed by atoms with Gasteiger partial charge in [-0.2, -0.15) is 0 Å². The molecule has 1 heterocycles. The van der Waals surface area contributed by atoms with Crippen molar-refractivity contribution in [3.8, 4) is 0 Å². The predicted molar refractivity (Wildman–Crippen MR) is 56.2 cm³/mol. The summed E-state index contributed by atoms with van der Waals surface area (Å²) in [6, 6.07) is 0. The Morgan fingerprint density at radius 2 is 2.21 bits per heavy atom. The zero-order valence-electron chi connectivity index (χ0n) is 8.88. The van der Waals surface area contributed by atoms with Crippen LogP contribution in [0.5, 0.6) is 0 Å². The zero-order valence-corrected chi connectivity index (χ0v) is 9.69. The lowest BCUT2D eigenvalue weighted by atomic mass is 10.0. The molecule has 14 heavy (non-hydrogen) atoms. The first kappa shape index (κ1) is 11.9. The quantitative estimate of drug-likeness (QED) is 0.673. The lowest BCUT2D eigenvalue weighted by Crippen LogP contribution is -2.43. The molecule has 1 aliphatic heterocycles. The fourth-order valence-corrected chi connectivity index (χ4v) is 2.20. The van der Waals surface area contributed by atoms with Gasteiger partial charge in [-0.05, 0) is 26.3 Å². The van der Waals surface area contributed by atoms with E-state index in [4.69, 9.17) is 4.74 Å². The van der Waals surface area contributed by atoms with Gasteiger partial charge in [0.1, 0.15) is 9.84 Å². The highest BCUT2D eigenvalue weighted by Crippen LogP contribution is 2.16. The Morgan fingerprint density at radius 1 is 1.50 bits per heavy atom. The highest BCUT2D eigenvalue weighted by Gasteiger charge is 2.28. The molecule has 0 aromatic heterocycles. The first-order chi connectivity index (χ1) is 6.41. The van der Waals surface area contributed by atoms with E-state index in [0.29, 0.717) is 6.42 Å². The molecule has 0 aliphatic carbocycles. The van der Waals surface area contributed by atoms with Gasteiger partial charge in [0.05, 0.1) is 12.4 Å². The van der Waals surface area contributed by atoms with E-state index in [1.807, 2.05) is 0 Å². The number of rotatable bonds is 5. The topological polar surface area (TPSA) is 55.4 Å². The second kappa shape index (κ2) is 4.59. The van der Waals surface area contributed by atoms with Crippen LogP contribution >= 0.6 is 0 Å². The van der Waals surface area contributed by atoms with Gasteiger partial charge in [-0.15, -0.1) is 0 Å². The fraction of sp³-hybridized carbons (Fsp3) is 1.00. The molecule has 0 amide bonds. The van der Waals surface area contributed by atoms with E-state index in [0.717, 1.165) is 26.2 Å². The highest BCUT2D eigenvalue weighted by atomic mass is 32.2. The van der Waals surface area contributed by atoms with E-state index < -0.39 is 9.84 Å². The van der Waals surface area contributed by atoms with Crippen LogP contribution < -0.4 is 5.32 Å². The van der Waals surface area contributed by atoms with Gasteiger partial charge in [-0.3, -0.25) is 0 Å². The van der Waals surface area contributed by atoms with Crippen molar-refractivity contribution in [3.63, 3.8) is 0 Å². The number of sulfone groups is 1. The van der Waals surface area contributed by atoms with Crippen LogP contribution in [0.15, 0.2) is 0 Å². The first-order valence-electron chi connectivity index (χ1n) is 4.92. The van der Waals surface area contributed by atoms with Crippen LogP contribution in [0.3, 0.4) is 0 Å². The van der Waals surface area contributed by atoms with E-state index in [2.05, 4.69) is 12.2 Å². The van der Waals surface area contributed by atoms with Gasteiger partial charge >= 0.3 is 0 Å². The Kier molecular flexibility index (Phi) is 3.92. The smallest absolute Gasteiger partial charge is 0.147 e. The lowest BCUT2D eigenvalue weighted by molar-refractivity contribution is 0.172. The molecule has 84 valence electrons. The van der Waals surface area contributed by atoms with Crippen LogP contribution in [0.2, 0.25) is 0 Å². The Labute approximate surface area is 85.9 Å². The third-order valence-corrected chi connectivity index (χ3v) is 3.49. The van der Waals surface area contributed by atoms with E-state index in [-0.39, 0.29) is 11.3 Å². The number of ether oxygens (including phenoxy) is 1. The lowest BCUT2D eigenvalue weighted by Gasteiger charge is -2.23. The van der Waals surface area contributed by atoms with Gasteiger partial charge in [-0.1, -0.05) is 0 Å². The molecule has 0 bridgehead atoms. The average molecular weight is 221 g/mol. The summed E-state index contributed by atoms with van der Waals surface area (Å²) in [5, 5.41) is 3.34. The average Bonchev–Trinajstić information content (AvgIpc) is 2.45. The molecule has 0 radical (unpaired) electrons. The summed E-state index contributed by atoms with van der Waals surface area (Å²) in [6.45, 7) is 4.38. The van der Waals surface area contributed by atoms with Gasteiger partial charge in [0.25, 0.3) is 0 Å². The maximum Gasteiger partial charge on any atom is 0.147 e. The van der Waals surface area contributed by atoms with Crippen molar-refractivity contribution in [2.75, 3.05) is 31.8 Å². The third kappa shape index (κ3) is 4.39. The normalized spacial score (nSPS) is 28.1. The number of nitrogens with one attached hydrogen (secondary N) is 1. The summed E-state index contributed by atoms with van der Waals surface area (Å²) < 4.78 is 27.0. The fourth-order valence-electron chi connectivity index (χ4n) is 1.53. The molecular formula is C9H19NO3S. The maximum absolute atomic E-state index is 10.9. The molecule has 4 nitrogen and oxygen atoms in total. The van der Waals surface area contributed by atoms with Crippen molar-refractivity contribution in [3.05, 3.63) is 0 Å². The van der Waals surface area contributed by atoms with Crippen molar-refractivity contribution in [1.29, 1.82) is 0 Å². The molecule has 1 fully saturated rings. The molecule has 1 atom stereocenters.